The maximum absolute atomic E-state index is 14.4. The Kier molecular flexibility index (Phi) is 4.99. The maximum Gasteiger partial charge on any atom is 0.182 e. The zero-order chi connectivity index (χ0) is 20.4. The molecule has 1 N–H and O–H groups in total. The van der Waals surface area contributed by atoms with E-state index in [1.807, 2.05) is 6.92 Å². The lowest BCUT2D eigenvalue weighted by molar-refractivity contribution is 0.344. The van der Waals surface area contributed by atoms with Gasteiger partial charge in [0, 0.05) is 36.5 Å². The molecule has 2 heterocycles. The van der Waals surface area contributed by atoms with Gasteiger partial charge in [-0.05, 0) is 36.8 Å². The first-order valence-corrected chi connectivity index (χ1v) is 8.99. The summed E-state index contributed by atoms with van der Waals surface area (Å²) in [6, 6.07) is 6.91. The molecule has 0 aliphatic carbocycles. The average molecular weight is 393 g/mol. The molecule has 0 saturated heterocycles. The number of benzene rings is 2. The molecule has 2 aromatic heterocycles. The van der Waals surface area contributed by atoms with Gasteiger partial charge in [-0.25, -0.2) is 23.7 Å². The lowest BCUT2D eigenvalue weighted by Gasteiger charge is -2.14. The standard InChI is InChI=1S/C21H17F2N5O/c1-3-29-18-9-12(14-5-4-13(22)10-16(14)23)8-15-19(18)27-21(28-20(15)24-2)17-11-25-6-7-26-17/h4-11H,3H2,1-2H3,(H,24,27,28). The number of ether oxygens (including phenoxy) is 1. The summed E-state index contributed by atoms with van der Waals surface area (Å²) >= 11 is 0. The van der Waals surface area contributed by atoms with Crippen molar-refractivity contribution in [2.24, 2.45) is 0 Å². The number of nitrogens with zero attached hydrogens (tertiary/aromatic N) is 4. The van der Waals surface area contributed by atoms with Crippen LogP contribution in [-0.4, -0.2) is 33.6 Å². The third kappa shape index (κ3) is 3.56. The number of hydrogen-bond donors (Lipinski definition) is 1. The van der Waals surface area contributed by atoms with Gasteiger partial charge < -0.3 is 10.1 Å². The number of nitrogens with one attached hydrogen (secondary N) is 1. The molecule has 0 radical (unpaired) electrons. The number of anilines is 1. The molecule has 0 amide bonds. The van der Waals surface area contributed by atoms with E-state index in [0.29, 0.717) is 46.2 Å². The minimum atomic E-state index is -0.657. The molecule has 6 nitrogen and oxygen atoms in total. The highest BCUT2D eigenvalue weighted by Crippen LogP contribution is 2.36. The SMILES string of the molecule is CCOc1cc(-c2ccc(F)cc2F)cc2c(NC)nc(-c3cnccn3)nc12. The summed E-state index contributed by atoms with van der Waals surface area (Å²) in [6.45, 7) is 2.24. The molecule has 0 spiro atoms. The number of aromatic nitrogens is 4. The average Bonchev–Trinajstić information content (AvgIpc) is 2.74. The first-order valence-electron chi connectivity index (χ1n) is 8.99. The Bertz CT molecular complexity index is 1180. The van der Waals surface area contributed by atoms with Gasteiger partial charge in [-0.15, -0.1) is 0 Å². The molecule has 0 fully saturated rings. The van der Waals surface area contributed by atoms with E-state index in [1.54, 1.807) is 37.8 Å². The fourth-order valence-electron chi connectivity index (χ4n) is 3.07. The third-order valence-corrected chi connectivity index (χ3v) is 4.34. The van der Waals surface area contributed by atoms with Crippen molar-refractivity contribution >= 4 is 16.7 Å². The van der Waals surface area contributed by atoms with E-state index in [-0.39, 0.29) is 5.56 Å². The summed E-state index contributed by atoms with van der Waals surface area (Å²) in [5, 5.41) is 3.69. The minimum absolute atomic E-state index is 0.259. The molecule has 4 aromatic rings. The van der Waals surface area contributed by atoms with Crippen LogP contribution >= 0.6 is 0 Å². The van der Waals surface area contributed by atoms with Crippen molar-refractivity contribution in [1.29, 1.82) is 0 Å². The van der Waals surface area contributed by atoms with Crippen LogP contribution in [0.1, 0.15) is 6.92 Å². The largest absolute Gasteiger partial charge is 0.492 e. The Morgan fingerprint density at radius 2 is 1.93 bits per heavy atom. The molecule has 0 unspecified atom stereocenters. The highest BCUT2D eigenvalue weighted by molar-refractivity contribution is 5.97. The summed E-state index contributed by atoms with van der Waals surface area (Å²) in [5.74, 6) is 0.0881. The number of halogens is 2. The summed E-state index contributed by atoms with van der Waals surface area (Å²) < 4.78 is 33.5. The van der Waals surface area contributed by atoms with E-state index >= 15 is 0 Å². The first-order chi connectivity index (χ1) is 14.1. The van der Waals surface area contributed by atoms with E-state index in [2.05, 4.69) is 25.3 Å². The zero-order valence-corrected chi connectivity index (χ0v) is 15.8. The van der Waals surface area contributed by atoms with Gasteiger partial charge in [-0.1, -0.05) is 0 Å². The number of fused-ring (bicyclic) bond motifs is 1. The van der Waals surface area contributed by atoms with Gasteiger partial charge in [-0.2, -0.15) is 0 Å². The van der Waals surface area contributed by atoms with Crippen molar-refractivity contribution in [3.05, 3.63) is 60.6 Å². The Balaban J connectivity index is 1.98. The van der Waals surface area contributed by atoms with E-state index in [4.69, 9.17) is 4.74 Å². The van der Waals surface area contributed by atoms with Crippen LogP contribution in [-0.2, 0) is 0 Å². The summed E-state index contributed by atoms with van der Waals surface area (Å²) in [5.41, 5.74) is 1.86. The Hall–Kier alpha value is -3.68. The van der Waals surface area contributed by atoms with Crippen molar-refractivity contribution in [3.8, 4) is 28.4 Å². The van der Waals surface area contributed by atoms with Crippen molar-refractivity contribution in [1.82, 2.24) is 19.9 Å². The van der Waals surface area contributed by atoms with Gasteiger partial charge in [0.05, 0.1) is 12.8 Å². The van der Waals surface area contributed by atoms with E-state index in [0.717, 1.165) is 6.07 Å². The second kappa shape index (κ2) is 7.75. The second-order valence-electron chi connectivity index (χ2n) is 6.16. The molecular weight excluding hydrogens is 376 g/mol. The molecule has 0 aliphatic heterocycles. The lowest BCUT2D eigenvalue weighted by atomic mass is 10.0. The molecule has 0 atom stereocenters. The molecule has 0 aliphatic rings. The molecule has 0 saturated carbocycles. The maximum atomic E-state index is 14.4. The molecule has 0 bridgehead atoms. The molecular formula is C21H17F2N5O. The molecule has 146 valence electrons. The smallest absolute Gasteiger partial charge is 0.182 e. The van der Waals surface area contributed by atoms with Gasteiger partial charge >= 0.3 is 0 Å². The van der Waals surface area contributed by atoms with Crippen molar-refractivity contribution in [2.75, 3.05) is 19.0 Å². The minimum Gasteiger partial charge on any atom is -0.492 e. The highest BCUT2D eigenvalue weighted by atomic mass is 19.1. The quantitative estimate of drug-likeness (QED) is 0.539. The Labute approximate surface area is 165 Å². The zero-order valence-electron chi connectivity index (χ0n) is 15.8. The van der Waals surface area contributed by atoms with Crippen LogP contribution in [0.2, 0.25) is 0 Å². The van der Waals surface area contributed by atoms with Crippen molar-refractivity contribution < 1.29 is 13.5 Å². The molecule has 4 rings (SSSR count). The van der Waals surface area contributed by atoms with Crippen LogP contribution in [0, 0.1) is 11.6 Å². The fourth-order valence-corrected chi connectivity index (χ4v) is 3.07. The third-order valence-electron chi connectivity index (χ3n) is 4.34. The van der Waals surface area contributed by atoms with E-state index in [9.17, 15) is 8.78 Å². The van der Waals surface area contributed by atoms with Gasteiger partial charge in [-0.3, -0.25) is 4.98 Å². The fraction of sp³-hybridized carbons (Fsp3) is 0.143. The monoisotopic (exact) mass is 393 g/mol. The molecule has 29 heavy (non-hydrogen) atoms. The van der Waals surface area contributed by atoms with Gasteiger partial charge in [0.25, 0.3) is 0 Å². The first kappa shape index (κ1) is 18.7. The predicted molar refractivity (Wildman–Crippen MR) is 107 cm³/mol. The number of hydrogen-bond acceptors (Lipinski definition) is 6. The molecule has 2 aromatic carbocycles. The van der Waals surface area contributed by atoms with Crippen molar-refractivity contribution in [2.45, 2.75) is 6.92 Å². The lowest BCUT2D eigenvalue weighted by Crippen LogP contribution is -2.03. The number of rotatable bonds is 5. The summed E-state index contributed by atoms with van der Waals surface area (Å²) in [4.78, 5) is 17.4. The van der Waals surface area contributed by atoms with Crippen LogP contribution in [0.25, 0.3) is 33.5 Å². The van der Waals surface area contributed by atoms with Gasteiger partial charge in [0.2, 0.25) is 0 Å². The summed E-state index contributed by atoms with van der Waals surface area (Å²) in [6.07, 6.45) is 4.70. The Morgan fingerprint density at radius 1 is 1.07 bits per heavy atom. The van der Waals surface area contributed by atoms with Gasteiger partial charge in [0.1, 0.15) is 34.4 Å². The normalized spacial score (nSPS) is 10.9. The van der Waals surface area contributed by atoms with Crippen LogP contribution in [0.3, 0.4) is 0 Å². The van der Waals surface area contributed by atoms with Crippen molar-refractivity contribution in [3.63, 3.8) is 0 Å². The highest BCUT2D eigenvalue weighted by Gasteiger charge is 2.17. The Morgan fingerprint density at radius 3 is 2.62 bits per heavy atom. The van der Waals surface area contributed by atoms with Gasteiger partial charge in [0.15, 0.2) is 5.82 Å². The predicted octanol–water partition coefficient (Wildman–Crippen LogP) is 4.47. The van der Waals surface area contributed by atoms with Crippen LogP contribution < -0.4 is 10.1 Å². The molecule has 8 heteroatoms. The second-order valence-corrected chi connectivity index (χ2v) is 6.16. The summed E-state index contributed by atoms with van der Waals surface area (Å²) in [7, 11) is 1.73. The topological polar surface area (TPSA) is 72.8 Å². The van der Waals surface area contributed by atoms with Crippen LogP contribution in [0.5, 0.6) is 5.75 Å². The van der Waals surface area contributed by atoms with E-state index in [1.165, 1.54) is 12.1 Å². The van der Waals surface area contributed by atoms with E-state index < -0.39 is 11.6 Å². The van der Waals surface area contributed by atoms with Crippen LogP contribution in [0.4, 0.5) is 14.6 Å². The van der Waals surface area contributed by atoms with Crippen LogP contribution in [0.15, 0.2) is 48.9 Å².